The van der Waals surface area contributed by atoms with Crippen molar-refractivity contribution in [1.29, 1.82) is 0 Å². The molecule has 2 aromatic carbocycles. The van der Waals surface area contributed by atoms with E-state index in [0.29, 0.717) is 5.69 Å². The lowest BCUT2D eigenvalue weighted by Gasteiger charge is -2.21. The molecule has 2 amide bonds. The molecule has 3 rings (SSSR count). The van der Waals surface area contributed by atoms with Crippen molar-refractivity contribution in [2.24, 2.45) is 4.99 Å². The molecule has 1 aliphatic heterocycles. The number of benzene rings is 2. The Morgan fingerprint density at radius 3 is 2.62 bits per heavy atom. The zero-order valence-electron chi connectivity index (χ0n) is 13.2. The summed E-state index contributed by atoms with van der Waals surface area (Å²) in [5, 5.41) is 8.45. The first-order valence-electron chi connectivity index (χ1n) is 7.67. The van der Waals surface area contributed by atoms with Crippen molar-refractivity contribution in [1.82, 2.24) is 5.32 Å². The van der Waals surface area contributed by atoms with E-state index in [4.69, 9.17) is 0 Å². The van der Waals surface area contributed by atoms with E-state index >= 15 is 0 Å². The first-order valence-corrected chi connectivity index (χ1v) is 7.67. The second-order valence-electron chi connectivity index (χ2n) is 5.60. The summed E-state index contributed by atoms with van der Waals surface area (Å²) in [6.45, 7) is 1.95. The average molecular weight is 322 g/mol. The summed E-state index contributed by atoms with van der Waals surface area (Å²) in [6.07, 6.45) is 0.0254. The molecule has 2 aromatic rings. The number of hydrogen-bond donors (Lipinski definition) is 3. The molecule has 6 nitrogen and oxygen atoms in total. The van der Waals surface area contributed by atoms with Gasteiger partial charge >= 0.3 is 0 Å². The van der Waals surface area contributed by atoms with Crippen molar-refractivity contribution in [2.45, 2.75) is 19.4 Å². The van der Waals surface area contributed by atoms with E-state index in [1.165, 1.54) is 0 Å². The van der Waals surface area contributed by atoms with Crippen molar-refractivity contribution in [2.75, 3.05) is 10.6 Å². The first kappa shape index (κ1) is 15.7. The molecule has 0 bridgehead atoms. The van der Waals surface area contributed by atoms with E-state index in [0.717, 1.165) is 11.3 Å². The Balaban J connectivity index is 1.73. The molecular formula is C18H18N4O2. The van der Waals surface area contributed by atoms with Crippen LogP contribution in [0, 0.1) is 6.92 Å². The number of carbonyl (C=O) groups is 2. The molecule has 0 aromatic heterocycles. The molecule has 1 atom stereocenters. The van der Waals surface area contributed by atoms with Crippen LogP contribution in [0.3, 0.4) is 0 Å². The Hall–Kier alpha value is -3.15. The van der Waals surface area contributed by atoms with Crippen molar-refractivity contribution >= 4 is 29.1 Å². The molecule has 0 spiro atoms. The van der Waals surface area contributed by atoms with Crippen LogP contribution >= 0.6 is 0 Å². The molecule has 0 aliphatic carbocycles. The fourth-order valence-corrected chi connectivity index (χ4v) is 2.41. The number of nitrogens with one attached hydrogen (secondary N) is 3. The molecule has 0 fully saturated rings. The van der Waals surface area contributed by atoms with Crippen LogP contribution in [0.4, 0.5) is 11.4 Å². The Labute approximate surface area is 140 Å². The van der Waals surface area contributed by atoms with E-state index in [1.807, 2.05) is 55.5 Å². The van der Waals surface area contributed by atoms with E-state index in [2.05, 4.69) is 20.9 Å². The SMILES string of the molecule is Cc1cccc(NC(=O)C2CC(=O)NC(Nc3ccccc3)=N2)c1. The van der Waals surface area contributed by atoms with Gasteiger partial charge in [0, 0.05) is 11.4 Å². The van der Waals surface area contributed by atoms with E-state index in [1.54, 1.807) is 6.07 Å². The van der Waals surface area contributed by atoms with Gasteiger partial charge in [0.15, 0.2) is 0 Å². The second kappa shape index (κ2) is 6.95. The van der Waals surface area contributed by atoms with E-state index < -0.39 is 6.04 Å². The number of aliphatic imine (C=N–C) groups is 1. The predicted octanol–water partition coefficient (Wildman–Crippen LogP) is 2.29. The van der Waals surface area contributed by atoms with Crippen LogP contribution in [0.2, 0.25) is 0 Å². The summed E-state index contributed by atoms with van der Waals surface area (Å²) < 4.78 is 0. The zero-order valence-corrected chi connectivity index (χ0v) is 13.2. The predicted molar refractivity (Wildman–Crippen MR) is 93.9 cm³/mol. The summed E-state index contributed by atoms with van der Waals surface area (Å²) in [5.74, 6) is -0.266. The molecule has 24 heavy (non-hydrogen) atoms. The molecule has 1 aliphatic rings. The van der Waals surface area contributed by atoms with Gasteiger partial charge in [0.25, 0.3) is 0 Å². The van der Waals surface area contributed by atoms with Gasteiger partial charge in [-0.05, 0) is 36.8 Å². The monoisotopic (exact) mass is 322 g/mol. The van der Waals surface area contributed by atoms with Gasteiger partial charge in [-0.1, -0.05) is 30.3 Å². The van der Waals surface area contributed by atoms with Gasteiger partial charge in [-0.2, -0.15) is 0 Å². The summed E-state index contributed by atoms with van der Waals surface area (Å²) >= 11 is 0. The molecule has 0 radical (unpaired) electrons. The standard InChI is InChI=1S/C18H18N4O2/c1-12-6-5-9-14(10-12)19-17(24)15-11-16(23)22-18(21-15)20-13-7-3-2-4-8-13/h2-10,15H,11H2,1H3,(H,19,24)(H2,20,21,22,23). The minimum Gasteiger partial charge on any atom is -0.326 e. The highest BCUT2D eigenvalue weighted by Gasteiger charge is 2.27. The van der Waals surface area contributed by atoms with Crippen LogP contribution in [0.1, 0.15) is 12.0 Å². The number of aryl methyl sites for hydroxylation is 1. The maximum Gasteiger partial charge on any atom is 0.249 e. The van der Waals surface area contributed by atoms with Gasteiger partial charge in [-0.15, -0.1) is 0 Å². The number of hydrogen-bond acceptors (Lipinski definition) is 4. The fraction of sp³-hybridized carbons (Fsp3) is 0.167. The van der Waals surface area contributed by atoms with Crippen molar-refractivity contribution in [3.8, 4) is 0 Å². The van der Waals surface area contributed by atoms with Crippen LogP contribution in [-0.2, 0) is 9.59 Å². The van der Waals surface area contributed by atoms with Crippen LogP contribution < -0.4 is 16.0 Å². The van der Waals surface area contributed by atoms with Crippen molar-refractivity contribution in [3.63, 3.8) is 0 Å². The van der Waals surface area contributed by atoms with Crippen molar-refractivity contribution < 1.29 is 9.59 Å². The highest BCUT2D eigenvalue weighted by Crippen LogP contribution is 2.13. The molecule has 122 valence electrons. The highest BCUT2D eigenvalue weighted by molar-refractivity contribution is 6.09. The van der Waals surface area contributed by atoms with Crippen LogP contribution in [-0.4, -0.2) is 23.8 Å². The van der Waals surface area contributed by atoms with Gasteiger partial charge in [0.2, 0.25) is 17.8 Å². The third kappa shape index (κ3) is 3.98. The fourth-order valence-electron chi connectivity index (χ4n) is 2.41. The Bertz CT molecular complexity index is 787. The lowest BCUT2D eigenvalue weighted by atomic mass is 10.1. The Morgan fingerprint density at radius 1 is 1.12 bits per heavy atom. The molecule has 3 N–H and O–H groups in total. The van der Waals surface area contributed by atoms with Gasteiger partial charge < -0.3 is 10.6 Å². The quantitative estimate of drug-likeness (QED) is 0.811. The topological polar surface area (TPSA) is 82.6 Å². The summed E-state index contributed by atoms with van der Waals surface area (Å²) in [7, 11) is 0. The summed E-state index contributed by atoms with van der Waals surface area (Å²) in [4.78, 5) is 28.6. The minimum absolute atomic E-state index is 0.0254. The summed E-state index contributed by atoms with van der Waals surface area (Å²) in [6, 6.07) is 16.1. The van der Waals surface area contributed by atoms with Crippen LogP contribution in [0.5, 0.6) is 0 Å². The average Bonchev–Trinajstić information content (AvgIpc) is 2.55. The van der Waals surface area contributed by atoms with Gasteiger partial charge in [0.1, 0.15) is 6.04 Å². The number of carbonyl (C=O) groups excluding carboxylic acids is 2. The van der Waals surface area contributed by atoms with E-state index in [-0.39, 0.29) is 24.2 Å². The molecule has 6 heteroatoms. The lowest BCUT2D eigenvalue weighted by Crippen LogP contribution is -2.45. The lowest BCUT2D eigenvalue weighted by molar-refractivity contribution is -0.124. The molecular weight excluding hydrogens is 304 g/mol. The van der Waals surface area contributed by atoms with Gasteiger partial charge in [0.05, 0.1) is 6.42 Å². The first-order chi connectivity index (χ1) is 11.6. The third-order valence-corrected chi connectivity index (χ3v) is 3.55. The smallest absolute Gasteiger partial charge is 0.249 e. The molecule has 1 unspecified atom stereocenters. The van der Waals surface area contributed by atoms with Crippen LogP contribution in [0.25, 0.3) is 0 Å². The Morgan fingerprint density at radius 2 is 1.88 bits per heavy atom. The maximum atomic E-state index is 12.4. The number of amides is 2. The number of nitrogens with zero attached hydrogens (tertiary/aromatic N) is 1. The van der Waals surface area contributed by atoms with Gasteiger partial charge in [-0.3, -0.25) is 14.9 Å². The second-order valence-corrected chi connectivity index (χ2v) is 5.60. The van der Waals surface area contributed by atoms with Crippen LogP contribution in [0.15, 0.2) is 59.6 Å². The Kier molecular flexibility index (Phi) is 4.56. The van der Waals surface area contributed by atoms with Gasteiger partial charge in [-0.25, -0.2) is 4.99 Å². The third-order valence-electron chi connectivity index (χ3n) is 3.55. The summed E-state index contributed by atoms with van der Waals surface area (Å²) in [5.41, 5.74) is 2.53. The van der Waals surface area contributed by atoms with E-state index in [9.17, 15) is 9.59 Å². The number of rotatable bonds is 3. The molecule has 0 saturated heterocycles. The molecule has 0 saturated carbocycles. The number of anilines is 2. The zero-order chi connectivity index (χ0) is 16.9. The number of guanidine groups is 1. The largest absolute Gasteiger partial charge is 0.326 e. The molecule has 1 heterocycles. The normalized spacial score (nSPS) is 16.8. The maximum absolute atomic E-state index is 12.4. The highest BCUT2D eigenvalue weighted by atomic mass is 16.2. The minimum atomic E-state index is -0.759. The van der Waals surface area contributed by atoms with Crippen molar-refractivity contribution in [3.05, 3.63) is 60.2 Å². The number of para-hydroxylation sites is 1.